The van der Waals surface area contributed by atoms with Crippen LogP contribution in [-0.2, 0) is 4.79 Å². The van der Waals surface area contributed by atoms with Gasteiger partial charge < -0.3 is 9.80 Å². The second-order valence-corrected chi connectivity index (χ2v) is 8.63. The molecule has 0 aromatic carbocycles. The molecule has 5 fully saturated rings. The summed E-state index contributed by atoms with van der Waals surface area (Å²) in [6.07, 6.45) is 10.5. The van der Waals surface area contributed by atoms with E-state index in [9.17, 15) is 4.79 Å². The molecule has 0 spiro atoms. The highest BCUT2D eigenvalue weighted by molar-refractivity contribution is 5.77. The monoisotopic (exact) mass is 290 g/mol. The third-order valence-electron chi connectivity index (χ3n) is 6.76. The molecule has 0 unspecified atom stereocenters. The zero-order valence-corrected chi connectivity index (χ0v) is 13.5. The Balaban J connectivity index is 1.42. The van der Waals surface area contributed by atoms with Crippen molar-refractivity contribution in [2.24, 2.45) is 23.2 Å². The van der Waals surface area contributed by atoms with E-state index in [0.717, 1.165) is 56.8 Å². The maximum atomic E-state index is 12.8. The highest BCUT2D eigenvalue weighted by Gasteiger charge is 2.51. The van der Waals surface area contributed by atoms with E-state index in [2.05, 4.69) is 16.8 Å². The number of rotatable bonds is 2. The van der Waals surface area contributed by atoms with Gasteiger partial charge in [-0.3, -0.25) is 4.79 Å². The van der Waals surface area contributed by atoms with Gasteiger partial charge >= 0.3 is 0 Å². The van der Waals surface area contributed by atoms with E-state index in [-0.39, 0.29) is 0 Å². The Morgan fingerprint density at radius 1 is 0.952 bits per heavy atom. The van der Waals surface area contributed by atoms with Gasteiger partial charge in [0.25, 0.3) is 0 Å². The molecule has 5 aliphatic rings. The topological polar surface area (TPSA) is 23.6 Å². The molecule has 21 heavy (non-hydrogen) atoms. The average Bonchev–Trinajstić information content (AvgIpc) is 2.61. The number of amides is 1. The first kappa shape index (κ1) is 14.0. The minimum atomic E-state index is 0.407. The molecule has 1 saturated heterocycles. The molecule has 0 aromatic rings. The Labute approximate surface area is 129 Å². The third-order valence-corrected chi connectivity index (χ3v) is 6.76. The summed E-state index contributed by atoms with van der Waals surface area (Å²) in [7, 11) is 2.17. The van der Waals surface area contributed by atoms with E-state index in [0.29, 0.717) is 11.3 Å². The van der Waals surface area contributed by atoms with Crippen LogP contribution in [0.4, 0.5) is 0 Å². The lowest BCUT2D eigenvalue weighted by Gasteiger charge is -2.57. The van der Waals surface area contributed by atoms with Gasteiger partial charge in [0.15, 0.2) is 0 Å². The molecule has 0 aromatic heterocycles. The van der Waals surface area contributed by atoms with E-state index in [4.69, 9.17) is 0 Å². The smallest absolute Gasteiger partial charge is 0.223 e. The van der Waals surface area contributed by atoms with Crippen molar-refractivity contribution < 1.29 is 4.79 Å². The molecule has 0 radical (unpaired) electrons. The van der Waals surface area contributed by atoms with Gasteiger partial charge in [-0.1, -0.05) is 0 Å². The fourth-order valence-electron chi connectivity index (χ4n) is 6.24. The number of hydrogen-bond acceptors (Lipinski definition) is 2. The van der Waals surface area contributed by atoms with Crippen LogP contribution in [-0.4, -0.2) is 48.9 Å². The molecule has 118 valence electrons. The van der Waals surface area contributed by atoms with Gasteiger partial charge in [-0.05, 0) is 81.7 Å². The summed E-state index contributed by atoms with van der Waals surface area (Å²) in [6, 6.07) is 0. The molecule has 4 bridgehead atoms. The minimum absolute atomic E-state index is 0.407. The number of likely N-dealkylation sites (N-methyl/N-ethyl adjacent to an activating group) is 1. The summed E-state index contributed by atoms with van der Waals surface area (Å²) in [5, 5.41) is 0. The van der Waals surface area contributed by atoms with Crippen LogP contribution in [0.1, 0.15) is 51.4 Å². The van der Waals surface area contributed by atoms with E-state index in [1.54, 1.807) is 0 Å². The number of carbonyl (C=O) groups is 1. The lowest BCUT2D eigenvalue weighted by molar-refractivity contribution is -0.139. The molecule has 3 nitrogen and oxygen atoms in total. The summed E-state index contributed by atoms with van der Waals surface area (Å²) < 4.78 is 0. The average molecular weight is 290 g/mol. The first-order chi connectivity index (χ1) is 10.1. The van der Waals surface area contributed by atoms with Crippen LogP contribution in [0.15, 0.2) is 0 Å². The first-order valence-corrected chi connectivity index (χ1v) is 9.08. The van der Waals surface area contributed by atoms with Crippen LogP contribution in [0.2, 0.25) is 0 Å². The Bertz CT molecular complexity index is 384. The quantitative estimate of drug-likeness (QED) is 0.781. The van der Waals surface area contributed by atoms with Gasteiger partial charge in [0.2, 0.25) is 5.91 Å². The largest absolute Gasteiger partial charge is 0.341 e. The summed E-state index contributed by atoms with van der Waals surface area (Å²) in [5.41, 5.74) is 0.407. The lowest BCUT2D eigenvalue weighted by atomic mass is 9.49. The summed E-state index contributed by atoms with van der Waals surface area (Å²) >= 11 is 0. The zero-order valence-electron chi connectivity index (χ0n) is 13.5. The highest BCUT2D eigenvalue weighted by Crippen LogP contribution is 2.61. The van der Waals surface area contributed by atoms with Crippen molar-refractivity contribution in [1.29, 1.82) is 0 Å². The van der Waals surface area contributed by atoms with E-state index >= 15 is 0 Å². The molecular formula is C18H30N2O. The fourth-order valence-corrected chi connectivity index (χ4v) is 6.24. The van der Waals surface area contributed by atoms with Crippen LogP contribution in [0, 0.1) is 23.2 Å². The predicted molar refractivity (Wildman–Crippen MR) is 83.9 cm³/mol. The van der Waals surface area contributed by atoms with Gasteiger partial charge in [-0.25, -0.2) is 0 Å². The van der Waals surface area contributed by atoms with Crippen molar-refractivity contribution in [3.05, 3.63) is 0 Å². The van der Waals surface area contributed by atoms with E-state index in [1.807, 2.05) is 0 Å². The van der Waals surface area contributed by atoms with Crippen molar-refractivity contribution in [2.75, 3.05) is 33.2 Å². The van der Waals surface area contributed by atoms with Crippen LogP contribution in [0.5, 0.6) is 0 Å². The normalized spacial score (nSPS) is 43.1. The molecule has 5 rings (SSSR count). The summed E-state index contributed by atoms with van der Waals surface area (Å²) in [6.45, 7) is 4.12. The molecule has 3 heteroatoms. The van der Waals surface area contributed by atoms with Crippen LogP contribution >= 0.6 is 0 Å². The van der Waals surface area contributed by atoms with E-state index < -0.39 is 0 Å². The lowest BCUT2D eigenvalue weighted by Crippen LogP contribution is -2.48. The molecule has 1 aliphatic heterocycles. The fraction of sp³-hybridized carbons (Fsp3) is 0.944. The second kappa shape index (κ2) is 5.26. The van der Waals surface area contributed by atoms with Crippen molar-refractivity contribution in [1.82, 2.24) is 9.80 Å². The van der Waals surface area contributed by atoms with Gasteiger partial charge in [-0.15, -0.1) is 0 Å². The van der Waals surface area contributed by atoms with Crippen molar-refractivity contribution in [2.45, 2.75) is 51.4 Å². The number of nitrogens with zero attached hydrogens (tertiary/aromatic N) is 2. The predicted octanol–water partition coefficient (Wildman–Crippen LogP) is 2.76. The Morgan fingerprint density at radius 2 is 1.57 bits per heavy atom. The molecule has 0 atom stereocenters. The summed E-state index contributed by atoms with van der Waals surface area (Å²) in [5.74, 6) is 3.34. The zero-order chi connectivity index (χ0) is 14.4. The maximum absolute atomic E-state index is 12.8. The molecule has 4 saturated carbocycles. The summed E-state index contributed by atoms with van der Waals surface area (Å²) in [4.78, 5) is 17.4. The highest BCUT2D eigenvalue weighted by atomic mass is 16.2. The van der Waals surface area contributed by atoms with Crippen LogP contribution in [0.25, 0.3) is 0 Å². The molecule has 0 N–H and O–H groups in total. The standard InChI is InChI=1S/C18H30N2O/c1-19-3-2-4-20(6-5-19)17(21)13-18-10-14-7-15(11-18)9-16(8-14)12-18/h14-16H,2-13H2,1H3. The van der Waals surface area contributed by atoms with Gasteiger partial charge in [0.1, 0.15) is 0 Å². The molecular weight excluding hydrogens is 260 g/mol. The second-order valence-electron chi connectivity index (χ2n) is 8.63. The molecule has 1 heterocycles. The Morgan fingerprint density at radius 3 is 2.19 bits per heavy atom. The van der Waals surface area contributed by atoms with Gasteiger partial charge in [0.05, 0.1) is 0 Å². The van der Waals surface area contributed by atoms with Crippen LogP contribution < -0.4 is 0 Å². The number of carbonyl (C=O) groups excluding carboxylic acids is 1. The molecule has 4 aliphatic carbocycles. The van der Waals surface area contributed by atoms with Crippen molar-refractivity contribution >= 4 is 5.91 Å². The van der Waals surface area contributed by atoms with Crippen molar-refractivity contribution in [3.63, 3.8) is 0 Å². The van der Waals surface area contributed by atoms with Crippen LogP contribution in [0.3, 0.4) is 0 Å². The third kappa shape index (κ3) is 2.74. The number of hydrogen-bond donors (Lipinski definition) is 0. The Hall–Kier alpha value is -0.570. The van der Waals surface area contributed by atoms with Gasteiger partial charge in [0, 0.05) is 26.1 Å². The first-order valence-electron chi connectivity index (χ1n) is 9.08. The van der Waals surface area contributed by atoms with E-state index in [1.165, 1.54) is 38.5 Å². The maximum Gasteiger partial charge on any atom is 0.223 e. The SMILES string of the molecule is CN1CCCN(C(=O)CC23CC4CC(CC(C4)C2)C3)CC1. The molecule has 1 amide bonds. The minimum Gasteiger partial charge on any atom is -0.341 e. The van der Waals surface area contributed by atoms with Crippen molar-refractivity contribution in [3.8, 4) is 0 Å². The van der Waals surface area contributed by atoms with Gasteiger partial charge in [-0.2, -0.15) is 0 Å². The Kier molecular flexibility index (Phi) is 3.52.